The number of ether oxygens (including phenoxy) is 1. The molecule has 1 aliphatic carbocycles. The molecule has 39 heavy (non-hydrogen) atoms. The van der Waals surface area contributed by atoms with E-state index in [-0.39, 0.29) is 22.7 Å². The first-order valence-corrected chi connectivity index (χ1v) is 12.4. The lowest BCUT2D eigenvalue weighted by Crippen LogP contribution is -2.55. The van der Waals surface area contributed by atoms with E-state index in [0.29, 0.717) is 30.9 Å². The Bertz CT molecular complexity index is 1280. The third-order valence-corrected chi connectivity index (χ3v) is 6.70. The first-order valence-electron chi connectivity index (χ1n) is 12.1. The Labute approximate surface area is 226 Å². The first kappa shape index (κ1) is 28.6. The molecular weight excluding hydrogens is 545 g/mol. The van der Waals surface area contributed by atoms with Gasteiger partial charge in [0.1, 0.15) is 17.1 Å². The fourth-order valence-electron chi connectivity index (χ4n) is 4.63. The van der Waals surface area contributed by atoms with Gasteiger partial charge in [-0.15, -0.1) is 0 Å². The topological polar surface area (TPSA) is 83.5 Å². The van der Waals surface area contributed by atoms with Crippen LogP contribution >= 0.6 is 11.6 Å². The molecule has 1 heterocycles. The maximum absolute atomic E-state index is 14.9. The van der Waals surface area contributed by atoms with Crippen molar-refractivity contribution in [2.24, 2.45) is 0 Å². The average molecular weight is 570 g/mol. The standard InChI is InChI=1S/C27H25ClF5N3O3/c28-18-9-10-23(34-15-18)26(14-16-5-2-1-3-6-16,36-25(38)35-21-7-4-8-22(21)37)17-11-19(29)13-20(12-17)39-27(32,33)24(30)31/h1-3,5-6,9-13,15,21-22,24,37H,4,7-8,14H2,(H2,35,36,38)/t21-,22-,26-/m0/s1. The third-order valence-electron chi connectivity index (χ3n) is 6.47. The number of pyridine rings is 1. The van der Waals surface area contributed by atoms with Gasteiger partial charge in [-0.2, -0.15) is 17.6 Å². The molecule has 0 saturated heterocycles. The van der Waals surface area contributed by atoms with E-state index in [1.54, 1.807) is 30.3 Å². The van der Waals surface area contributed by atoms with Gasteiger partial charge in [0.25, 0.3) is 0 Å². The van der Waals surface area contributed by atoms with Gasteiger partial charge in [-0.1, -0.05) is 41.9 Å². The number of urea groups is 1. The van der Waals surface area contributed by atoms with Crippen molar-refractivity contribution < 1.29 is 36.6 Å². The second kappa shape index (κ2) is 11.7. The monoisotopic (exact) mass is 569 g/mol. The molecule has 3 aromatic rings. The highest BCUT2D eigenvalue weighted by Crippen LogP contribution is 2.37. The fourth-order valence-corrected chi connectivity index (χ4v) is 4.74. The lowest BCUT2D eigenvalue weighted by atomic mass is 9.80. The average Bonchev–Trinajstić information content (AvgIpc) is 3.27. The zero-order chi connectivity index (χ0) is 28.2. The second-order valence-electron chi connectivity index (χ2n) is 9.27. The summed E-state index contributed by atoms with van der Waals surface area (Å²) in [6.45, 7) is 0. The van der Waals surface area contributed by atoms with Crippen molar-refractivity contribution in [3.8, 4) is 5.75 Å². The van der Waals surface area contributed by atoms with Gasteiger partial charge in [-0.25, -0.2) is 9.18 Å². The molecule has 4 rings (SSSR count). The van der Waals surface area contributed by atoms with Crippen LogP contribution in [0.15, 0.2) is 66.9 Å². The molecule has 3 atom stereocenters. The Kier molecular flexibility index (Phi) is 8.60. The molecule has 0 radical (unpaired) electrons. The number of alkyl halides is 4. The molecule has 3 N–H and O–H groups in total. The van der Waals surface area contributed by atoms with Crippen LogP contribution < -0.4 is 15.4 Å². The van der Waals surface area contributed by atoms with Gasteiger partial charge in [0.05, 0.1) is 22.9 Å². The van der Waals surface area contributed by atoms with Crippen LogP contribution in [0, 0.1) is 5.82 Å². The highest BCUT2D eigenvalue weighted by molar-refractivity contribution is 6.30. The largest absolute Gasteiger partial charge is 0.461 e. The van der Waals surface area contributed by atoms with Crippen LogP contribution in [-0.4, -0.2) is 40.8 Å². The molecule has 208 valence electrons. The molecule has 6 nitrogen and oxygen atoms in total. The van der Waals surface area contributed by atoms with Crippen molar-refractivity contribution in [1.29, 1.82) is 0 Å². The molecule has 0 spiro atoms. The van der Waals surface area contributed by atoms with Crippen LogP contribution in [0.5, 0.6) is 5.75 Å². The number of amides is 2. The van der Waals surface area contributed by atoms with Crippen molar-refractivity contribution in [2.45, 2.75) is 55.9 Å². The summed E-state index contributed by atoms with van der Waals surface area (Å²) < 4.78 is 72.2. The molecular formula is C27H25ClF5N3O3. The Hall–Kier alpha value is -3.44. The van der Waals surface area contributed by atoms with Crippen molar-refractivity contribution in [2.75, 3.05) is 0 Å². The number of benzene rings is 2. The molecule has 0 aliphatic heterocycles. The number of aliphatic hydroxyl groups is 1. The molecule has 0 unspecified atom stereocenters. The minimum absolute atomic E-state index is 0.0583. The van der Waals surface area contributed by atoms with Gasteiger partial charge in [0.15, 0.2) is 0 Å². The molecule has 1 aliphatic rings. The van der Waals surface area contributed by atoms with Gasteiger partial charge < -0.3 is 20.5 Å². The lowest BCUT2D eigenvalue weighted by molar-refractivity contribution is -0.253. The second-order valence-corrected chi connectivity index (χ2v) is 9.71. The van der Waals surface area contributed by atoms with E-state index >= 15 is 0 Å². The molecule has 1 saturated carbocycles. The molecule has 2 amide bonds. The molecule has 1 fully saturated rings. The number of hydrogen-bond donors (Lipinski definition) is 3. The Morgan fingerprint density at radius 2 is 1.87 bits per heavy atom. The third kappa shape index (κ3) is 6.77. The summed E-state index contributed by atoms with van der Waals surface area (Å²) in [5.74, 6) is -1.96. The van der Waals surface area contributed by atoms with Gasteiger partial charge in [-0.05, 0) is 54.7 Å². The summed E-state index contributed by atoms with van der Waals surface area (Å²) in [5, 5.41) is 15.9. The number of nitrogens with one attached hydrogen (secondary N) is 2. The molecule has 1 aromatic heterocycles. The highest BCUT2D eigenvalue weighted by atomic mass is 35.5. The molecule has 0 bridgehead atoms. The summed E-state index contributed by atoms with van der Waals surface area (Å²) in [5.41, 5.74) is -1.04. The zero-order valence-corrected chi connectivity index (χ0v) is 21.1. The summed E-state index contributed by atoms with van der Waals surface area (Å²) in [6, 6.07) is 12.8. The van der Waals surface area contributed by atoms with Gasteiger partial charge in [0, 0.05) is 18.7 Å². The summed E-state index contributed by atoms with van der Waals surface area (Å²) >= 11 is 6.03. The number of aliphatic hydroxyl groups excluding tert-OH is 1. The fraction of sp³-hybridized carbons (Fsp3) is 0.333. The highest BCUT2D eigenvalue weighted by Gasteiger charge is 2.45. The minimum Gasteiger partial charge on any atom is -0.428 e. The predicted molar refractivity (Wildman–Crippen MR) is 133 cm³/mol. The maximum Gasteiger partial charge on any atom is 0.461 e. The van der Waals surface area contributed by atoms with E-state index in [2.05, 4.69) is 20.4 Å². The number of halogens is 6. The van der Waals surface area contributed by atoms with Crippen LogP contribution in [0.2, 0.25) is 5.02 Å². The van der Waals surface area contributed by atoms with Crippen LogP contribution in [0.1, 0.15) is 36.1 Å². The zero-order valence-electron chi connectivity index (χ0n) is 20.4. The number of carbonyl (C=O) groups excluding carboxylic acids is 1. The maximum atomic E-state index is 14.9. The summed E-state index contributed by atoms with van der Waals surface area (Å²) in [7, 11) is 0. The quantitative estimate of drug-likeness (QED) is 0.284. The van der Waals surface area contributed by atoms with Gasteiger partial charge in [-0.3, -0.25) is 4.98 Å². The lowest BCUT2D eigenvalue weighted by Gasteiger charge is -2.36. The predicted octanol–water partition coefficient (Wildman–Crippen LogP) is 5.81. The summed E-state index contributed by atoms with van der Waals surface area (Å²) in [4.78, 5) is 17.7. The Balaban J connectivity index is 1.86. The van der Waals surface area contributed by atoms with Crippen LogP contribution in [0.25, 0.3) is 0 Å². The Morgan fingerprint density at radius 3 is 2.49 bits per heavy atom. The van der Waals surface area contributed by atoms with Crippen molar-refractivity contribution in [3.05, 3.63) is 94.5 Å². The van der Waals surface area contributed by atoms with Crippen LogP contribution in [-0.2, 0) is 12.0 Å². The Morgan fingerprint density at radius 1 is 1.13 bits per heavy atom. The van der Waals surface area contributed by atoms with E-state index in [4.69, 9.17) is 11.6 Å². The van der Waals surface area contributed by atoms with Crippen molar-refractivity contribution in [1.82, 2.24) is 15.6 Å². The van der Waals surface area contributed by atoms with E-state index in [1.807, 2.05) is 0 Å². The van der Waals surface area contributed by atoms with Crippen molar-refractivity contribution in [3.63, 3.8) is 0 Å². The number of nitrogens with zero attached hydrogens (tertiary/aromatic N) is 1. The van der Waals surface area contributed by atoms with Gasteiger partial charge >= 0.3 is 18.6 Å². The minimum atomic E-state index is -4.89. The van der Waals surface area contributed by atoms with E-state index in [0.717, 1.165) is 12.1 Å². The number of hydrogen-bond acceptors (Lipinski definition) is 4. The van der Waals surface area contributed by atoms with E-state index < -0.39 is 47.8 Å². The number of aromatic nitrogens is 1. The van der Waals surface area contributed by atoms with Gasteiger partial charge in [0.2, 0.25) is 0 Å². The molecule has 2 aromatic carbocycles. The SMILES string of the molecule is O=C(N[C@H]1CCC[C@@H]1O)N[C@@](Cc1ccccc1)(c1cc(F)cc(OC(F)(F)C(F)F)c1)c1ccc(Cl)cn1. The normalized spacial score (nSPS) is 19.0. The van der Waals surface area contributed by atoms with Crippen LogP contribution in [0.4, 0.5) is 26.7 Å². The van der Waals surface area contributed by atoms with Crippen molar-refractivity contribution >= 4 is 17.6 Å². The molecule has 12 heteroatoms. The smallest absolute Gasteiger partial charge is 0.428 e. The van der Waals surface area contributed by atoms with E-state index in [1.165, 1.54) is 18.3 Å². The number of carbonyl (C=O) groups is 1. The first-order chi connectivity index (χ1) is 18.5. The van der Waals surface area contributed by atoms with E-state index in [9.17, 15) is 31.9 Å². The number of rotatable bonds is 9. The summed E-state index contributed by atoms with van der Waals surface area (Å²) in [6.07, 6.45) is -6.87. The van der Waals surface area contributed by atoms with Crippen LogP contribution in [0.3, 0.4) is 0 Å².